The predicted octanol–water partition coefficient (Wildman–Crippen LogP) is 2.99. The summed E-state index contributed by atoms with van der Waals surface area (Å²) in [6.45, 7) is 5.75. The molecule has 0 aliphatic carbocycles. The zero-order chi connectivity index (χ0) is 13.2. The minimum atomic E-state index is -0.154. The molecule has 0 N–H and O–H groups in total. The van der Waals surface area contributed by atoms with Crippen molar-refractivity contribution >= 4 is 5.78 Å². The summed E-state index contributed by atoms with van der Waals surface area (Å²) in [7, 11) is 0. The number of ketones is 1. The maximum absolute atomic E-state index is 11.3. The van der Waals surface area contributed by atoms with Crippen molar-refractivity contribution in [3.05, 3.63) is 36.2 Å². The molecule has 1 heterocycles. The first-order valence-electron chi connectivity index (χ1n) is 5.85. The van der Waals surface area contributed by atoms with Gasteiger partial charge in [0.1, 0.15) is 5.78 Å². The Labute approximate surface area is 106 Å². The molecule has 0 unspecified atom stereocenters. The van der Waals surface area contributed by atoms with Crippen LogP contribution in [0.25, 0.3) is 11.5 Å². The summed E-state index contributed by atoms with van der Waals surface area (Å²) in [4.78, 5) is 11.3. The lowest BCUT2D eigenvalue weighted by Crippen LogP contribution is -2.20. The van der Waals surface area contributed by atoms with Crippen LogP contribution in [0.4, 0.5) is 0 Å². The van der Waals surface area contributed by atoms with Gasteiger partial charge >= 0.3 is 0 Å². The van der Waals surface area contributed by atoms with Crippen molar-refractivity contribution in [3.8, 4) is 11.5 Å². The van der Waals surface area contributed by atoms with Gasteiger partial charge in [-0.2, -0.15) is 0 Å². The molecule has 0 saturated carbocycles. The van der Waals surface area contributed by atoms with Gasteiger partial charge in [-0.3, -0.25) is 4.79 Å². The predicted molar refractivity (Wildman–Crippen MR) is 68.1 cm³/mol. The lowest BCUT2D eigenvalue weighted by Gasteiger charge is -2.23. The molecule has 0 saturated heterocycles. The van der Waals surface area contributed by atoms with E-state index in [1.165, 1.54) is 6.39 Å². The highest BCUT2D eigenvalue weighted by Crippen LogP contribution is 2.29. The highest BCUT2D eigenvalue weighted by atomic mass is 16.4. The summed E-state index contributed by atoms with van der Waals surface area (Å²) in [5.41, 5.74) is 1.86. The van der Waals surface area contributed by atoms with Crippen molar-refractivity contribution in [2.24, 2.45) is 0 Å². The molecule has 2 aromatic rings. The second kappa shape index (κ2) is 4.72. The molecular formula is C14H16N2O2. The summed E-state index contributed by atoms with van der Waals surface area (Å²) >= 11 is 0. The van der Waals surface area contributed by atoms with Gasteiger partial charge in [0.05, 0.1) is 0 Å². The fourth-order valence-electron chi connectivity index (χ4n) is 2.09. The van der Waals surface area contributed by atoms with Crippen LogP contribution in [-0.4, -0.2) is 16.0 Å². The van der Waals surface area contributed by atoms with E-state index in [4.69, 9.17) is 4.42 Å². The SMILES string of the molecule is CC(=O)CC(C)(C)c1ccc(-c2nnco2)cc1. The molecule has 0 radical (unpaired) electrons. The van der Waals surface area contributed by atoms with Crippen LogP contribution in [0.1, 0.15) is 32.8 Å². The van der Waals surface area contributed by atoms with Crippen LogP contribution in [0, 0.1) is 0 Å². The van der Waals surface area contributed by atoms with E-state index in [0.29, 0.717) is 12.3 Å². The largest absolute Gasteiger partial charge is 0.423 e. The standard InChI is InChI=1S/C14H16N2O2/c1-10(17)8-14(2,3)12-6-4-11(5-7-12)13-16-15-9-18-13/h4-7,9H,8H2,1-3H3. The second-order valence-corrected chi connectivity index (χ2v) is 5.08. The number of carbonyl (C=O) groups excluding carboxylic acids is 1. The van der Waals surface area contributed by atoms with Gasteiger partial charge in [0.25, 0.3) is 0 Å². The van der Waals surface area contributed by atoms with Crippen LogP contribution in [-0.2, 0) is 10.2 Å². The molecule has 4 heteroatoms. The molecule has 18 heavy (non-hydrogen) atoms. The number of rotatable bonds is 4. The van der Waals surface area contributed by atoms with Crippen LogP contribution >= 0.6 is 0 Å². The Kier molecular flexibility index (Phi) is 3.28. The third-order valence-electron chi connectivity index (χ3n) is 2.96. The van der Waals surface area contributed by atoms with E-state index in [2.05, 4.69) is 24.0 Å². The number of nitrogens with zero attached hydrogens (tertiary/aromatic N) is 2. The molecule has 2 rings (SSSR count). The lowest BCUT2D eigenvalue weighted by atomic mass is 9.80. The van der Waals surface area contributed by atoms with E-state index >= 15 is 0 Å². The van der Waals surface area contributed by atoms with Crippen molar-refractivity contribution in [1.82, 2.24) is 10.2 Å². The first-order chi connectivity index (χ1) is 8.49. The zero-order valence-corrected chi connectivity index (χ0v) is 10.8. The first kappa shape index (κ1) is 12.5. The third kappa shape index (κ3) is 2.64. The fourth-order valence-corrected chi connectivity index (χ4v) is 2.09. The number of hydrogen-bond donors (Lipinski definition) is 0. The topological polar surface area (TPSA) is 56.0 Å². The van der Waals surface area contributed by atoms with Gasteiger partial charge < -0.3 is 4.42 Å². The van der Waals surface area contributed by atoms with Crippen LogP contribution in [0.5, 0.6) is 0 Å². The first-order valence-corrected chi connectivity index (χ1v) is 5.85. The monoisotopic (exact) mass is 244 g/mol. The summed E-state index contributed by atoms with van der Waals surface area (Å²) in [6.07, 6.45) is 1.84. The van der Waals surface area contributed by atoms with Crippen molar-refractivity contribution in [2.75, 3.05) is 0 Å². The van der Waals surface area contributed by atoms with E-state index in [1.807, 2.05) is 24.3 Å². The maximum Gasteiger partial charge on any atom is 0.247 e. The summed E-state index contributed by atoms with van der Waals surface area (Å²) in [5.74, 6) is 0.701. The molecule has 0 atom stereocenters. The Hall–Kier alpha value is -1.97. The van der Waals surface area contributed by atoms with Gasteiger partial charge in [0, 0.05) is 12.0 Å². The highest BCUT2D eigenvalue weighted by molar-refractivity contribution is 5.77. The van der Waals surface area contributed by atoms with Crippen LogP contribution in [0.2, 0.25) is 0 Å². The van der Waals surface area contributed by atoms with E-state index in [1.54, 1.807) is 6.92 Å². The Balaban J connectivity index is 2.25. The Morgan fingerprint density at radius 2 is 1.94 bits per heavy atom. The van der Waals surface area contributed by atoms with Crippen LogP contribution < -0.4 is 0 Å². The van der Waals surface area contributed by atoms with Gasteiger partial charge in [-0.1, -0.05) is 26.0 Å². The van der Waals surface area contributed by atoms with E-state index in [0.717, 1.165) is 11.1 Å². The molecule has 0 fully saturated rings. The molecule has 0 aliphatic rings. The van der Waals surface area contributed by atoms with Gasteiger partial charge in [0.15, 0.2) is 0 Å². The fraction of sp³-hybridized carbons (Fsp3) is 0.357. The van der Waals surface area contributed by atoms with E-state index in [9.17, 15) is 4.79 Å². The molecular weight excluding hydrogens is 228 g/mol. The van der Waals surface area contributed by atoms with Gasteiger partial charge in [-0.25, -0.2) is 0 Å². The quantitative estimate of drug-likeness (QED) is 0.829. The molecule has 94 valence electrons. The highest BCUT2D eigenvalue weighted by Gasteiger charge is 2.22. The average molecular weight is 244 g/mol. The van der Waals surface area contributed by atoms with Crippen LogP contribution in [0.3, 0.4) is 0 Å². The Morgan fingerprint density at radius 1 is 1.28 bits per heavy atom. The van der Waals surface area contributed by atoms with E-state index < -0.39 is 0 Å². The van der Waals surface area contributed by atoms with Gasteiger partial charge in [-0.05, 0) is 30.0 Å². The number of carbonyl (C=O) groups is 1. The van der Waals surface area contributed by atoms with Gasteiger partial charge in [0.2, 0.25) is 12.3 Å². The zero-order valence-electron chi connectivity index (χ0n) is 10.8. The summed E-state index contributed by atoms with van der Waals surface area (Å²) in [5, 5.41) is 7.50. The normalized spacial score (nSPS) is 11.5. The number of Topliss-reactive ketones (excluding diaryl/α,β-unsaturated/α-hetero) is 1. The molecule has 0 spiro atoms. The summed E-state index contributed by atoms with van der Waals surface area (Å²) < 4.78 is 5.13. The van der Waals surface area contributed by atoms with Crippen molar-refractivity contribution < 1.29 is 9.21 Å². The minimum Gasteiger partial charge on any atom is -0.423 e. The van der Waals surface area contributed by atoms with Crippen LogP contribution in [0.15, 0.2) is 35.1 Å². The average Bonchev–Trinajstić information content (AvgIpc) is 2.81. The van der Waals surface area contributed by atoms with Crippen molar-refractivity contribution in [1.29, 1.82) is 0 Å². The summed E-state index contributed by atoms with van der Waals surface area (Å²) in [6, 6.07) is 7.88. The second-order valence-electron chi connectivity index (χ2n) is 5.08. The number of aromatic nitrogens is 2. The van der Waals surface area contributed by atoms with Crippen molar-refractivity contribution in [2.45, 2.75) is 32.6 Å². The Morgan fingerprint density at radius 3 is 2.44 bits per heavy atom. The van der Waals surface area contributed by atoms with Crippen molar-refractivity contribution in [3.63, 3.8) is 0 Å². The Bertz CT molecular complexity index is 527. The maximum atomic E-state index is 11.3. The third-order valence-corrected chi connectivity index (χ3v) is 2.96. The minimum absolute atomic E-state index is 0.154. The molecule has 4 nitrogen and oxygen atoms in total. The number of benzene rings is 1. The number of hydrogen-bond acceptors (Lipinski definition) is 4. The molecule has 1 aromatic carbocycles. The molecule has 0 amide bonds. The smallest absolute Gasteiger partial charge is 0.247 e. The molecule has 0 aliphatic heterocycles. The van der Waals surface area contributed by atoms with E-state index in [-0.39, 0.29) is 11.2 Å². The molecule has 1 aromatic heterocycles. The van der Waals surface area contributed by atoms with Gasteiger partial charge in [-0.15, -0.1) is 10.2 Å². The molecule has 0 bridgehead atoms. The lowest BCUT2D eigenvalue weighted by molar-refractivity contribution is -0.118.